The number of nitrogens with one attached hydrogen (secondary N) is 2. The number of benzene rings is 2. The second-order valence-electron chi connectivity index (χ2n) is 6.76. The van der Waals surface area contributed by atoms with E-state index >= 15 is 0 Å². The molecule has 0 saturated heterocycles. The van der Waals surface area contributed by atoms with Crippen LogP contribution in [0.1, 0.15) is 28.6 Å². The first-order valence-electron chi connectivity index (χ1n) is 8.97. The maximum atomic E-state index is 13.7. The van der Waals surface area contributed by atoms with Crippen molar-refractivity contribution in [3.05, 3.63) is 83.6 Å². The zero-order valence-electron chi connectivity index (χ0n) is 16.0. The van der Waals surface area contributed by atoms with E-state index in [9.17, 15) is 17.6 Å². The van der Waals surface area contributed by atoms with Crippen LogP contribution in [-0.4, -0.2) is 20.4 Å². The Hall–Kier alpha value is -3.13. The number of amides is 1. The topological polar surface area (TPSA) is 88.4 Å². The largest absolute Gasteiger partial charge is 0.469 e. The standard InChI is InChI=1S/C21H21FN2O4S/c1-14-8-9-19(13-20(14)22)29(26,27)24-17-6-3-5-16(12-17)21(25)23-15(2)11-18-7-4-10-28-18/h3-10,12-13,15,24H,11H2,1-2H3,(H,23,25). The monoisotopic (exact) mass is 416 g/mol. The molecule has 3 aromatic rings. The lowest BCUT2D eigenvalue weighted by Crippen LogP contribution is -2.34. The number of carbonyl (C=O) groups is 1. The SMILES string of the molecule is Cc1ccc(S(=O)(=O)Nc2cccc(C(=O)NC(C)Cc3ccco3)c2)cc1F. The molecule has 0 radical (unpaired) electrons. The number of furan rings is 1. The zero-order chi connectivity index (χ0) is 21.0. The van der Waals surface area contributed by atoms with Crippen molar-refractivity contribution >= 4 is 21.6 Å². The first-order chi connectivity index (χ1) is 13.7. The van der Waals surface area contributed by atoms with Crippen molar-refractivity contribution in [2.24, 2.45) is 0 Å². The summed E-state index contributed by atoms with van der Waals surface area (Å²) >= 11 is 0. The Morgan fingerprint density at radius 1 is 1.14 bits per heavy atom. The number of hydrogen-bond donors (Lipinski definition) is 2. The summed E-state index contributed by atoms with van der Waals surface area (Å²) < 4.78 is 46.4. The zero-order valence-corrected chi connectivity index (χ0v) is 16.8. The van der Waals surface area contributed by atoms with Gasteiger partial charge in [0, 0.05) is 23.7 Å². The van der Waals surface area contributed by atoms with Crippen LogP contribution in [0.5, 0.6) is 0 Å². The van der Waals surface area contributed by atoms with E-state index in [-0.39, 0.29) is 22.5 Å². The molecule has 0 bridgehead atoms. The second-order valence-corrected chi connectivity index (χ2v) is 8.44. The molecule has 0 aliphatic carbocycles. The summed E-state index contributed by atoms with van der Waals surface area (Å²) in [5, 5.41) is 2.84. The lowest BCUT2D eigenvalue weighted by molar-refractivity contribution is 0.0939. The highest BCUT2D eigenvalue weighted by molar-refractivity contribution is 7.92. The molecular weight excluding hydrogens is 395 g/mol. The molecule has 0 aliphatic rings. The maximum absolute atomic E-state index is 13.7. The van der Waals surface area contributed by atoms with Gasteiger partial charge in [0.15, 0.2) is 0 Å². The molecule has 1 atom stereocenters. The van der Waals surface area contributed by atoms with E-state index < -0.39 is 15.8 Å². The van der Waals surface area contributed by atoms with Gasteiger partial charge in [-0.3, -0.25) is 9.52 Å². The molecule has 0 fully saturated rings. The third-order valence-electron chi connectivity index (χ3n) is 4.30. The summed E-state index contributed by atoms with van der Waals surface area (Å²) in [5.74, 6) is -0.192. The van der Waals surface area contributed by atoms with E-state index in [0.717, 1.165) is 11.8 Å². The third kappa shape index (κ3) is 5.23. The van der Waals surface area contributed by atoms with Crippen LogP contribution in [0.15, 0.2) is 70.2 Å². The van der Waals surface area contributed by atoms with Gasteiger partial charge in [0.05, 0.1) is 11.2 Å². The fourth-order valence-corrected chi connectivity index (χ4v) is 3.83. The number of aryl methyl sites for hydroxylation is 1. The van der Waals surface area contributed by atoms with Crippen LogP contribution in [0.4, 0.5) is 10.1 Å². The molecule has 6 nitrogen and oxygen atoms in total. The molecule has 2 N–H and O–H groups in total. The Morgan fingerprint density at radius 2 is 1.93 bits per heavy atom. The highest BCUT2D eigenvalue weighted by Gasteiger charge is 2.17. The molecule has 1 amide bonds. The Morgan fingerprint density at radius 3 is 2.62 bits per heavy atom. The Bertz CT molecular complexity index is 1110. The molecule has 1 aromatic heterocycles. The van der Waals surface area contributed by atoms with Crippen molar-refractivity contribution < 1.29 is 22.0 Å². The molecule has 152 valence electrons. The molecule has 8 heteroatoms. The van der Waals surface area contributed by atoms with Crippen molar-refractivity contribution in [1.29, 1.82) is 0 Å². The molecule has 0 saturated carbocycles. The minimum Gasteiger partial charge on any atom is -0.469 e. The van der Waals surface area contributed by atoms with Gasteiger partial charge < -0.3 is 9.73 Å². The van der Waals surface area contributed by atoms with E-state index in [2.05, 4.69) is 10.0 Å². The number of hydrogen-bond acceptors (Lipinski definition) is 4. The van der Waals surface area contributed by atoms with E-state index in [0.29, 0.717) is 17.5 Å². The summed E-state index contributed by atoms with van der Waals surface area (Å²) in [5.41, 5.74) is 0.857. The van der Waals surface area contributed by atoms with Crippen LogP contribution in [0, 0.1) is 12.7 Å². The van der Waals surface area contributed by atoms with Gasteiger partial charge in [-0.15, -0.1) is 0 Å². The fourth-order valence-electron chi connectivity index (χ4n) is 2.77. The highest BCUT2D eigenvalue weighted by atomic mass is 32.2. The third-order valence-corrected chi connectivity index (χ3v) is 5.67. The molecule has 0 spiro atoms. The van der Waals surface area contributed by atoms with Gasteiger partial charge in [0.1, 0.15) is 11.6 Å². The van der Waals surface area contributed by atoms with Gasteiger partial charge in [0.2, 0.25) is 0 Å². The first-order valence-corrected chi connectivity index (χ1v) is 10.5. The van der Waals surface area contributed by atoms with Gasteiger partial charge in [-0.05, 0) is 61.9 Å². The molecule has 0 aliphatic heterocycles. The van der Waals surface area contributed by atoms with Gasteiger partial charge >= 0.3 is 0 Å². The normalized spacial score (nSPS) is 12.4. The average molecular weight is 416 g/mol. The van der Waals surface area contributed by atoms with Gasteiger partial charge in [-0.25, -0.2) is 12.8 Å². The maximum Gasteiger partial charge on any atom is 0.261 e. The summed E-state index contributed by atoms with van der Waals surface area (Å²) in [4.78, 5) is 12.3. The minimum atomic E-state index is -3.99. The van der Waals surface area contributed by atoms with E-state index in [4.69, 9.17) is 4.42 Å². The Labute approximate surface area is 168 Å². The fraction of sp³-hybridized carbons (Fsp3) is 0.190. The molecule has 3 rings (SSSR count). The van der Waals surface area contributed by atoms with Gasteiger partial charge in [-0.2, -0.15) is 0 Å². The van der Waals surface area contributed by atoms with Crippen molar-refractivity contribution in [3.8, 4) is 0 Å². The van der Waals surface area contributed by atoms with Crippen LogP contribution < -0.4 is 10.0 Å². The summed E-state index contributed by atoms with van der Waals surface area (Å²) in [7, 11) is -3.99. The second kappa shape index (κ2) is 8.48. The number of halogens is 1. The lowest BCUT2D eigenvalue weighted by Gasteiger charge is -2.14. The number of sulfonamides is 1. The molecule has 29 heavy (non-hydrogen) atoms. The van der Waals surface area contributed by atoms with Crippen molar-refractivity contribution in [2.45, 2.75) is 31.2 Å². The van der Waals surface area contributed by atoms with Gasteiger partial charge in [-0.1, -0.05) is 12.1 Å². The van der Waals surface area contributed by atoms with Crippen LogP contribution >= 0.6 is 0 Å². The van der Waals surface area contributed by atoms with Crippen molar-refractivity contribution in [1.82, 2.24) is 5.32 Å². The van der Waals surface area contributed by atoms with Crippen molar-refractivity contribution in [2.75, 3.05) is 4.72 Å². The highest BCUT2D eigenvalue weighted by Crippen LogP contribution is 2.19. The lowest BCUT2D eigenvalue weighted by atomic mass is 10.1. The van der Waals surface area contributed by atoms with Gasteiger partial charge in [0.25, 0.3) is 15.9 Å². The van der Waals surface area contributed by atoms with Crippen molar-refractivity contribution in [3.63, 3.8) is 0 Å². The average Bonchev–Trinajstić information content (AvgIpc) is 3.16. The molecule has 1 heterocycles. The number of carbonyl (C=O) groups excluding carboxylic acids is 1. The predicted octanol–water partition coefficient (Wildman–Crippen LogP) is 3.89. The quantitative estimate of drug-likeness (QED) is 0.612. The van der Waals surface area contributed by atoms with Crippen LogP contribution in [0.25, 0.3) is 0 Å². The Kier molecular flexibility index (Phi) is 6.03. The smallest absolute Gasteiger partial charge is 0.261 e. The Balaban J connectivity index is 1.71. The van der Waals surface area contributed by atoms with Crippen LogP contribution in [-0.2, 0) is 16.4 Å². The molecule has 1 unspecified atom stereocenters. The molecule has 2 aromatic carbocycles. The first kappa shape index (κ1) is 20.6. The summed E-state index contributed by atoms with van der Waals surface area (Å²) in [6, 6.07) is 13.2. The van der Waals surface area contributed by atoms with E-state index in [1.54, 1.807) is 31.4 Å². The van der Waals surface area contributed by atoms with Crippen LogP contribution in [0.3, 0.4) is 0 Å². The molecular formula is C21H21FN2O4S. The number of rotatable bonds is 7. The predicted molar refractivity (Wildman–Crippen MR) is 108 cm³/mol. The summed E-state index contributed by atoms with van der Waals surface area (Å²) in [6.07, 6.45) is 2.10. The minimum absolute atomic E-state index is 0.176. The van der Waals surface area contributed by atoms with E-state index in [1.807, 2.05) is 13.0 Å². The van der Waals surface area contributed by atoms with Crippen LogP contribution in [0.2, 0.25) is 0 Å². The summed E-state index contributed by atoms with van der Waals surface area (Å²) in [6.45, 7) is 3.40. The van der Waals surface area contributed by atoms with E-state index in [1.165, 1.54) is 24.3 Å². The number of anilines is 1.